The van der Waals surface area contributed by atoms with Crippen LogP contribution in [0.1, 0.15) is 55.7 Å². The average Bonchev–Trinajstić information content (AvgIpc) is 3.57. The van der Waals surface area contributed by atoms with Gasteiger partial charge < -0.3 is 9.30 Å². The quantitative estimate of drug-likeness (QED) is 0.342. The van der Waals surface area contributed by atoms with Crippen molar-refractivity contribution in [3.63, 3.8) is 0 Å². The van der Waals surface area contributed by atoms with Crippen LogP contribution in [0.15, 0.2) is 36.4 Å². The number of alkyl halides is 1. The second-order valence-corrected chi connectivity index (χ2v) is 10.4. The molecule has 0 bridgehead atoms. The Morgan fingerprint density at radius 1 is 1.03 bits per heavy atom. The first-order chi connectivity index (χ1) is 18.8. The lowest BCUT2D eigenvalue weighted by atomic mass is 9.92. The van der Waals surface area contributed by atoms with Gasteiger partial charge in [-0.2, -0.15) is 0 Å². The van der Waals surface area contributed by atoms with Crippen LogP contribution in [-0.2, 0) is 16.6 Å². The third-order valence-electron chi connectivity index (χ3n) is 8.05. The van der Waals surface area contributed by atoms with Crippen LogP contribution in [0.2, 0.25) is 0 Å². The van der Waals surface area contributed by atoms with E-state index < -0.39 is 29.8 Å². The first kappa shape index (κ1) is 25.5. The first-order valence-corrected chi connectivity index (χ1v) is 13.1. The van der Waals surface area contributed by atoms with E-state index in [-0.39, 0.29) is 24.3 Å². The smallest absolute Gasteiger partial charge is 0.262 e. The standard InChI is InChI=1S/C28H29F3N6O2/c1-15-26(35(2)34-33-15)16-4-11-24-23(12-16)32-27(36(24)17-5-8-19(39-3)9-6-17)25-14-22(31)28(38)37(25)18-7-10-20(29)21(30)13-18/h4,7,10-13,17,19,22,25H,5-6,8-9,14H2,1-3H3/t17?,19?,22-,25-/m0/s1. The molecular weight excluding hydrogens is 509 g/mol. The summed E-state index contributed by atoms with van der Waals surface area (Å²) in [6, 6.07) is 8.39. The zero-order valence-electron chi connectivity index (χ0n) is 21.9. The number of hydrogen-bond acceptors (Lipinski definition) is 5. The summed E-state index contributed by atoms with van der Waals surface area (Å²) in [5.41, 5.74) is 4.18. The number of fused-ring (bicyclic) bond motifs is 1. The van der Waals surface area contributed by atoms with Gasteiger partial charge in [0.1, 0.15) is 5.82 Å². The van der Waals surface area contributed by atoms with Gasteiger partial charge in [-0.15, -0.1) is 5.10 Å². The van der Waals surface area contributed by atoms with E-state index in [1.54, 1.807) is 11.8 Å². The van der Waals surface area contributed by atoms with Crippen LogP contribution in [0.25, 0.3) is 22.3 Å². The summed E-state index contributed by atoms with van der Waals surface area (Å²) in [7, 11) is 3.54. The zero-order valence-corrected chi connectivity index (χ0v) is 21.9. The van der Waals surface area contributed by atoms with Gasteiger partial charge in [-0.05, 0) is 56.9 Å². The largest absolute Gasteiger partial charge is 0.381 e. The van der Waals surface area contributed by atoms with Gasteiger partial charge in [0.15, 0.2) is 17.8 Å². The number of anilines is 1. The fourth-order valence-corrected chi connectivity index (χ4v) is 6.15. The zero-order chi connectivity index (χ0) is 27.4. The third-order valence-corrected chi connectivity index (χ3v) is 8.05. The maximum atomic E-state index is 15.0. The Bertz CT molecular complexity index is 1540. The second-order valence-electron chi connectivity index (χ2n) is 10.4. The van der Waals surface area contributed by atoms with E-state index in [2.05, 4.69) is 14.9 Å². The molecule has 2 aromatic heterocycles. The first-order valence-electron chi connectivity index (χ1n) is 13.1. The normalized spacial score (nSPS) is 23.7. The van der Waals surface area contributed by atoms with Gasteiger partial charge >= 0.3 is 0 Å². The molecule has 0 radical (unpaired) electrons. The molecule has 11 heteroatoms. The number of carbonyl (C=O) groups excluding carboxylic acids is 1. The lowest BCUT2D eigenvalue weighted by Gasteiger charge is -2.32. The average molecular weight is 539 g/mol. The Hall–Kier alpha value is -3.73. The summed E-state index contributed by atoms with van der Waals surface area (Å²) in [4.78, 5) is 19.2. The molecule has 1 aliphatic heterocycles. The molecule has 2 aliphatic rings. The van der Waals surface area contributed by atoms with Crippen molar-refractivity contribution in [1.82, 2.24) is 24.5 Å². The van der Waals surface area contributed by atoms with Crippen LogP contribution in [0.4, 0.5) is 18.9 Å². The molecule has 0 N–H and O–H groups in total. The Labute approximate surface area is 223 Å². The van der Waals surface area contributed by atoms with E-state index in [1.807, 2.05) is 32.2 Å². The van der Waals surface area contributed by atoms with Crippen molar-refractivity contribution < 1.29 is 22.7 Å². The highest BCUT2D eigenvalue weighted by Gasteiger charge is 2.45. The number of ether oxygens (including phenoxy) is 1. The number of halogens is 3. The molecule has 2 fully saturated rings. The molecule has 8 nitrogen and oxygen atoms in total. The summed E-state index contributed by atoms with van der Waals surface area (Å²) in [6.07, 6.45) is 1.64. The highest BCUT2D eigenvalue weighted by Crippen LogP contribution is 2.43. The molecule has 2 atom stereocenters. The van der Waals surface area contributed by atoms with Crippen molar-refractivity contribution in [3.8, 4) is 11.3 Å². The van der Waals surface area contributed by atoms with Crippen LogP contribution in [-0.4, -0.2) is 49.8 Å². The molecule has 1 saturated carbocycles. The van der Waals surface area contributed by atoms with E-state index >= 15 is 4.39 Å². The van der Waals surface area contributed by atoms with E-state index in [9.17, 15) is 13.6 Å². The molecule has 1 amide bonds. The molecule has 3 heterocycles. The number of aromatic nitrogens is 5. The molecule has 2 aromatic carbocycles. The van der Waals surface area contributed by atoms with Gasteiger partial charge in [0.05, 0.1) is 34.6 Å². The van der Waals surface area contributed by atoms with Crippen LogP contribution < -0.4 is 4.90 Å². The molecule has 1 saturated heterocycles. The SMILES string of the molecule is COC1CCC(n2c([C@@H]3C[C@H](F)C(=O)N3c3ccc(F)c(F)c3)nc3cc(-c4c(C)nnn4C)ccc32)CC1. The third kappa shape index (κ3) is 4.28. The Morgan fingerprint density at radius 3 is 2.46 bits per heavy atom. The van der Waals surface area contributed by atoms with Crippen LogP contribution in [0.3, 0.4) is 0 Å². The van der Waals surface area contributed by atoms with Crippen molar-refractivity contribution in [3.05, 3.63) is 59.6 Å². The molecule has 39 heavy (non-hydrogen) atoms. The van der Waals surface area contributed by atoms with E-state index in [0.29, 0.717) is 11.3 Å². The maximum Gasteiger partial charge on any atom is 0.262 e. The van der Waals surface area contributed by atoms with Crippen LogP contribution in [0, 0.1) is 18.6 Å². The predicted octanol–water partition coefficient (Wildman–Crippen LogP) is 5.36. The number of hydrogen-bond donors (Lipinski definition) is 0. The van der Waals surface area contributed by atoms with E-state index in [0.717, 1.165) is 60.3 Å². The van der Waals surface area contributed by atoms with Gasteiger partial charge in [0.25, 0.3) is 5.91 Å². The monoisotopic (exact) mass is 538 g/mol. The summed E-state index contributed by atoms with van der Waals surface area (Å²) >= 11 is 0. The van der Waals surface area contributed by atoms with Gasteiger partial charge in [-0.1, -0.05) is 11.3 Å². The lowest BCUT2D eigenvalue weighted by molar-refractivity contribution is -0.121. The lowest BCUT2D eigenvalue weighted by Crippen LogP contribution is -2.32. The number of aryl methyl sites for hydroxylation is 2. The Balaban J connectivity index is 1.50. The number of rotatable bonds is 5. The number of imidazole rings is 1. The summed E-state index contributed by atoms with van der Waals surface area (Å²) in [5, 5.41) is 8.26. The minimum Gasteiger partial charge on any atom is -0.381 e. The maximum absolute atomic E-state index is 15.0. The highest BCUT2D eigenvalue weighted by atomic mass is 19.2. The number of nitrogens with zero attached hydrogens (tertiary/aromatic N) is 6. The van der Waals surface area contributed by atoms with Gasteiger partial charge in [0.2, 0.25) is 0 Å². The molecule has 0 spiro atoms. The highest BCUT2D eigenvalue weighted by molar-refractivity contribution is 5.99. The van der Waals surface area contributed by atoms with Gasteiger partial charge in [-0.3, -0.25) is 9.69 Å². The van der Waals surface area contributed by atoms with Crippen LogP contribution in [0.5, 0.6) is 0 Å². The minimum atomic E-state index is -1.78. The molecule has 0 unspecified atom stereocenters. The molecule has 4 aromatic rings. The van der Waals surface area contributed by atoms with Crippen molar-refractivity contribution in [2.45, 2.75) is 63.4 Å². The summed E-state index contributed by atoms with van der Waals surface area (Å²) in [6.45, 7) is 1.88. The van der Waals surface area contributed by atoms with Crippen molar-refractivity contribution >= 4 is 22.6 Å². The molecule has 1 aliphatic carbocycles. The van der Waals surface area contributed by atoms with E-state index in [4.69, 9.17) is 9.72 Å². The second kappa shape index (κ2) is 9.78. The fourth-order valence-electron chi connectivity index (χ4n) is 6.15. The fraction of sp³-hybridized carbons (Fsp3) is 0.429. The van der Waals surface area contributed by atoms with E-state index in [1.165, 1.54) is 11.0 Å². The molecule has 204 valence electrons. The van der Waals surface area contributed by atoms with Crippen molar-refractivity contribution in [2.24, 2.45) is 7.05 Å². The summed E-state index contributed by atoms with van der Waals surface area (Å²) in [5.74, 6) is -2.39. The number of carbonyl (C=O) groups is 1. The molecule has 6 rings (SSSR count). The summed E-state index contributed by atoms with van der Waals surface area (Å²) < 4.78 is 52.3. The molecular formula is C28H29F3N6O2. The van der Waals surface area contributed by atoms with Crippen molar-refractivity contribution in [1.29, 1.82) is 0 Å². The Morgan fingerprint density at radius 2 is 1.79 bits per heavy atom. The number of amides is 1. The predicted molar refractivity (Wildman–Crippen MR) is 139 cm³/mol. The van der Waals surface area contributed by atoms with Crippen LogP contribution >= 0.6 is 0 Å². The van der Waals surface area contributed by atoms with Gasteiger partial charge in [0, 0.05) is 43.9 Å². The van der Waals surface area contributed by atoms with Crippen molar-refractivity contribution in [2.75, 3.05) is 12.0 Å². The topological polar surface area (TPSA) is 78.1 Å². The number of benzene rings is 2. The number of methoxy groups -OCH3 is 1. The Kier molecular flexibility index (Phi) is 6.41. The minimum absolute atomic E-state index is 0.0583. The van der Waals surface area contributed by atoms with Gasteiger partial charge in [-0.25, -0.2) is 22.8 Å².